The summed E-state index contributed by atoms with van der Waals surface area (Å²) in [5.74, 6) is -0.841. The minimum Gasteiger partial charge on any atom is -0.480 e. The fourth-order valence-electron chi connectivity index (χ4n) is 0.497. The van der Waals surface area contributed by atoms with Gasteiger partial charge in [-0.2, -0.15) is 0 Å². The van der Waals surface area contributed by atoms with Crippen LogP contribution in [-0.4, -0.2) is 17.1 Å². The van der Waals surface area contributed by atoms with Crippen molar-refractivity contribution in [2.75, 3.05) is 0 Å². The number of nitrogens with two attached hydrogens (primary N) is 1. The van der Waals surface area contributed by atoms with Gasteiger partial charge in [-0.25, -0.2) is 0 Å². The first-order valence-electron chi connectivity index (χ1n) is 3.08. The minimum atomic E-state index is -0.913. The molecule has 0 heterocycles. The van der Waals surface area contributed by atoms with E-state index in [1.54, 1.807) is 0 Å². The molecule has 3 nitrogen and oxygen atoms in total. The van der Waals surface area contributed by atoms with Gasteiger partial charge in [-0.3, -0.25) is 4.79 Å². The molecule has 0 spiro atoms. The first-order valence-corrected chi connectivity index (χ1v) is 3.08. The monoisotopic (exact) mass is 143 g/mol. The van der Waals surface area contributed by atoms with Crippen LogP contribution in [0.25, 0.3) is 0 Å². The zero-order valence-electron chi connectivity index (χ0n) is 6.29. The van der Waals surface area contributed by atoms with Crippen molar-refractivity contribution in [3.8, 4) is 0 Å². The molecule has 58 valence electrons. The highest BCUT2D eigenvalue weighted by Crippen LogP contribution is 2.04. The van der Waals surface area contributed by atoms with E-state index in [4.69, 9.17) is 10.8 Å². The SMILES string of the molecule is CC[C@H](C)[C@H](N)C(=O)O.[C]. The van der Waals surface area contributed by atoms with Crippen LogP contribution >= 0.6 is 0 Å². The second-order valence-corrected chi connectivity index (χ2v) is 2.25. The molecule has 0 aliphatic rings. The Kier molecular flexibility index (Phi) is 6.35. The third-order valence-corrected chi connectivity index (χ3v) is 1.54. The Balaban J connectivity index is 0. The van der Waals surface area contributed by atoms with Gasteiger partial charge in [-0.15, -0.1) is 0 Å². The van der Waals surface area contributed by atoms with Crippen LogP contribution in [0.2, 0.25) is 0 Å². The van der Waals surface area contributed by atoms with Crippen molar-refractivity contribution in [2.24, 2.45) is 11.7 Å². The smallest absolute Gasteiger partial charge is 0.320 e. The summed E-state index contributed by atoms with van der Waals surface area (Å²) in [6.45, 7) is 3.76. The van der Waals surface area contributed by atoms with Gasteiger partial charge >= 0.3 is 5.97 Å². The van der Waals surface area contributed by atoms with Gasteiger partial charge in [0.15, 0.2) is 0 Å². The molecular formula is C7H13NO2. The molecule has 3 heteroatoms. The van der Waals surface area contributed by atoms with Crippen LogP contribution in [0.5, 0.6) is 0 Å². The predicted molar refractivity (Wildman–Crippen MR) is 38.3 cm³/mol. The fourth-order valence-corrected chi connectivity index (χ4v) is 0.497. The lowest BCUT2D eigenvalue weighted by molar-refractivity contribution is -0.139. The largest absolute Gasteiger partial charge is 0.480 e. The topological polar surface area (TPSA) is 63.3 Å². The highest BCUT2D eigenvalue weighted by atomic mass is 16.4. The maximum absolute atomic E-state index is 10.2. The molecule has 0 unspecified atom stereocenters. The van der Waals surface area contributed by atoms with Gasteiger partial charge in [-0.1, -0.05) is 20.3 Å². The van der Waals surface area contributed by atoms with E-state index in [0.717, 1.165) is 6.42 Å². The predicted octanol–water partition coefficient (Wildman–Crippen LogP) is 0.526. The van der Waals surface area contributed by atoms with E-state index in [-0.39, 0.29) is 13.3 Å². The quantitative estimate of drug-likeness (QED) is 0.605. The summed E-state index contributed by atoms with van der Waals surface area (Å²) >= 11 is 0. The maximum atomic E-state index is 10.2. The van der Waals surface area contributed by atoms with Gasteiger partial charge in [0.25, 0.3) is 0 Å². The summed E-state index contributed by atoms with van der Waals surface area (Å²) in [5.41, 5.74) is 5.27. The van der Waals surface area contributed by atoms with Crippen LogP contribution in [0.1, 0.15) is 20.3 Å². The van der Waals surface area contributed by atoms with Crippen molar-refractivity contribution < 1.29 is 9.90 Å². The summed E-state index contributed by atoms with van der Waals surface area (Å²) in [7, 11) is 0. The zero-order valence-corrected chi connectivity index (χ0v) is 6.29. The molecule has 0 aliphatic heterocycles. The number of aliphatic carboxylic acids is 1. The molecule has 0 bridgehead atoms. The van der Waals surface area contributed by atoms with Crippen molar-refractivity contribution in [2.45, 2.75) is 26.3 Å². The van der Waals surface area contributed by atoms with E-state index in [9.17, 15) is 4.79 Å². The van der Waals surface area contributed by atoms with E-state index in [1.807, 2.05) is 13.8 Å². The summed E-state index contributed by atoms with van der Waals surface area (Å²) in [6.07, 6.45) is 0.813. The van der Waals surface area contributed by atoms with Gasteiger partial charge in [0.2, 0.25) is 0 Å². The molecule has 2 atom stereocenters. The third kappa shape index (κ3) is 3.45. The van der Waals surface area contributed by atoms with Gasteiger partial charge in [0.1, 0.15) is 6.04 Å². The van der Waals surface area contributed by atoms with Crippen molar-refractivity contribution in [3.05, 3.63) is 7.43 Å². The normalized spacial score (nSPS) is 15.1. The van der Waals surface area contributed by atoms with Crippen LogP contribution in [0.4, 0.5) is 0 Å². The Bertz CT molecular complexity index is 104. The van der Waals surface area contributed by atoms with Crippen LogP contribution in [0, 0.1) is 13.3 Å². The molecule has 0 aromatic carbocycles. The first kappa shape index (κ1) is 12.1. The highest BCUT2D eigenvalue weighted by Gasteiger charge is 2.17. The van der Waals surface area contributed by atoms with Gasteiger partial charge < -0.3 is 10.8 Å². The van der Waals surface area contributed by atoms with Crippen LogP contribution in [0.3, 0.4) is 0 Å². The molecule has 0 fully saturated rings. The second kappa shape index (κ2) is 5.23. The Morgan fingerprint density at radius 1 is 1.70 bits per heavy atom. The van der Waals surface area contributed by atoms with Crippen molar-refractivity contribution in [3.63, 3.8) is 0 Å². The number of hydrogen-bond donors (Lipinski definition) is 2. The van der Waals surface area contributed by atoms with Crippen molar-refractivity contribution in [1.82, 2.24) is 0 Å². The molecule has 0 saturated carbocycles. The minimum absolute atomic E-state index is 0. The van der Waals surface area contributed by atoms with E-state index in [0.29, 0.717) is 0 Å². The molecule has 0 aromatic heterocycles. The molecular weight excluding hydrogens is 130 g/mol. The van der Waals surface area contributed by atoms with Gasteiger partial charge in [-0.05, 0) is 5.92 Å². The van der Waals surface area contributed by atoms with Crippen molar-refractivity contribution in [1.29, 1.82) is 0 Å². The fraction of sp³-hybridized carbons (Fsp3) is 0.714. The van der Waals surface area contributed by atoms with E-state index in [1.165, 1.54) is 0 Å². The summed E-state index contributed by atoms with van der Waals surface area (Å²) in [5, 5.41) is 8.36. The molecule has 10 heavy (non-hydrogen) atoms. The molecule has 4 radical (unpaired) electrons. The molecule has 0 amide bonds. The Morgan fingerprint density at radius 2 is 2.10 bits per heavy atom. The standard InChI is InChI=1S/C6H13NO2.C/c1-3-4(2)5(7)6(8)9;/h4-5H,3,7H2,1-2H3,(H,8,9);/t4-,5-;/m0./s1. The lowest BCUT2D eigenvalue weighted by Crippen LogP contribution is -2.36. The maximum Gasteiger partial charge on any atom is 0.320 e. The Hall–Kier alpha value is -0.570. The lowest BCUT2D eigenvalue weighted by Gasteiger charge is -2.11. The van der Waals surface area contributed by atoms with Crippen LogP contribution in [0.15, 0.2) is 0 Å². The zero-order chi connectivity index (χ0) is 7.44. The number of rotatable bonds is 3. The Labute approximate surface area is 62.2 Å². The highest BCUT2D eigenvalue weighted by molar-refractivity contribution is 5.73. The number of hydrogen-bond acceptors (Lipinski definition) is 2. The van der Waals surface area contributed by atoms with Gasteiger partial charge in [0, 0.05) is 7.43 Å². The molecule has 0 rings (SSSR count). The van der Waals surface area contributed by atoms with Gasteiger partial charge in [0.05, 0.1) is 0 Å². The van der Waals surface area contributed by atoms with Crippen molar-refractivity contribution >= 4 is 5.97 Å². The summed E-state index contributed by atoms with van der Waals surface area (Å²) < 4.78 is 0. The lowest BCUT2D eigenvalue weighted by atomic mass is 10.0. The molecule has 0 aromatic rings. The second-order valence-electron chi connectivity index (χ2n) is 2.25. The number of carboxylic acid groups (broad SMARTS) is 1. The molecule has 0 saturated heterocycles. The number of carbonyl (C=O) groups is 1. The van der Waals surface area contributed by atoms with Crippen LogP contribution in [-0.2, 0) is 4.79 Å². The average molecular weight is 143 g/mol. The van der Waals surface area contributed by atoms with E-state index < -0.39 is 12.0 Å². The summed E-state index contributed by atoms with van der Waals surface area (Å²) in [6, 6.07) is -0.699. The van der Waals surface area contributed by atoms with Crippen LogP contribution < -0.4 is 5.73 Å². The summed E-state index contributed by atoms with van der Waals surface area (Å²) in [4.78, 5) is 10.2. The number of carboxylic acids is 1. The van der Waals surface area contributed by atoms with E-state index in [2.05, 4.69) is 0 Å². The molecule has 0 aliphatic carbocycles. The van der Waals surface area contributed by atoms with E-state index >= 15 is 0 Å². The Morgan fingerprint density at radius 3 is 2.20 bits per heavy atom. The third-order valence-electron chi connectivity index (χ3n) is 1.54. The average Bonchev–Trinajstić information content (AvgIpc) is 1.84. The first-order chi connectivity index (χ1) is 4.09. The molecule has 3 N–H and O–H groups in total.